The molecule has 2 aromatic carbocycles. The van der Waals surface area contributed by atoms with Gasteiger partial charge < -0.3 is 18.9 Å². The highest BCUT2D eigenvalue weighted by molar-refractivity contribution is 6.13. The van der Waals surface area contributed by atoms with Gasteiger partial charge in [-0.25, -0.2) is 0 Å². The van der Waals surface area contributed by atoms with E-state index in [4.69, 9.17) is 14.2 Å². The van der Waals surface area contributed by atoms with Crippen LogP contribution >= 0.6 is 0 Å². The van der Waals surface area contributed by atoms with E-state index < -0.39 is 24.3 Å². The molecule has 0 bridgehead atoms. The van der Waals surface area contributed by atoms with Crippen LogP contribution in [0.1, 0.15) is 34.3 Å². The van der Waals surface area contributed by atoms with E-state index in [2.05, 4.69) is 17.9 Å². The molecule has 6 nitrogen and oxygen atoms in total. The van der Waals surface area contributed by atoms with E-state index >= 15 is 0 Å². The minimum atomic E-state index is -2.99. The molecule has 0 aliphatic carbocycles. The summed E-state index contributed by atoms with van der Waals surface area (Å²) in [6.07, 6.45) is 3.58. The topological polar surface area (TPSA) is 71.1 Å². The van der Waals surface area contributed by atoms with Crippen LogP contribution in [-0.4, -0.2) is 38.7 Å². The number of hydrogen-bond donors (Lipinski definition) is 0. The van der Waals surface area contributed by atoms with Crippen LogP contribution < -0.4 is 14.2 Å². The van der Waals surface area contributed by atoms with Crippen molar-refractivity contribution < 1.29 is 37.3 Å². The highest BCUT2D eigenvalue weighted by atomic mass is 19.3. The summed E-state index contributed by atoms with van der Waals surface area (Å²) in [6, 6.07) is 8.36. The summed E-state index contributed by atoms with van der Waals surface area (Å²) in [5.74, 6) is -1.97. The quantitative estimate of drug-likeness (QED) is 0.179. The fourth-order valence-electron chi connectivity index (χ4n) is 3.25. The van der Waals surface area contributed by atoms with Crippen molar-refractivity contribution in [1.29, 1.82) is 0 Å². The number of halogens is 2. The third-order valence-corrected chi connectivity index (χ3v) is 4.67. The number of ketones is 1. The van der Waals surface area contributed by atoms with Crippen molar-refractivity contribution >= 4 is 11.8 Å². The molecule has 0 fully saturated rings. The lowest BCUT2D eigenvalue weighted by atomic mass is 9.86. The first-order valence-electron chi connectivity index (χ1n) is 10.2. The first-order valence-corrected chi connectivity index (χ1v) is 10.2. The number of Topliss-reactive ketones (excluding diaryl/α,β-unsaturated/α-hetero) is 1. The van der Waals surface area contributed by atoms with Crippen molar-refractivity contribution in [3.8, 4) is 17.2 Å². The summed E-state index contributed by atoms with van der Waals surface area (Å²) < 4.78 is 45.5. The van der Waals surface area contributed by atoms with Crippen molar-refractivity contribution in [2.45, 2.75) is 25.9 Å². The van der Waals surface area contributed by atoms with E-state index in [0.717, 1.165) is 0 Å². The summed E-state index contributed by atoms with van der Waals surface area (Å²) in [5.41, 5.74) is 1.12. The Hall–Kier alpha value is -3.68. The molecule has 8 heteroatoms. The number of hydrogen-bond acceptors (Lipinski definition) is 6. The molecule has 0 heterocycles. The van der Waals surface area contributed by atoms with Gasteiger partial charge in [-0.2, -0.15) is 8.78 Å². The Labute approximate surface area is 191 Å². The number of ether oxygens (including phenoxy) is 4. The molecule has 1 atom stereocenters. The van der Waals surface area contributed by atoms with E-state index in [-0.39, 0.29) is 24.5 Å². The second-order valence-corrected chi connectivity index (χ2v) is 6.77. The van der Waals surface area contributed by atoms with E-state index in [1.54, 1.807) is 24.3 Å². The molecule has 2 aromatic rings. The lowest BCUT2D eigenvalue weighted by Crippen LogP contribution is -2.25. The zero-order chi connectivity index (χ0) is 24.4. The number of methoxy groups -OCH3 is 1. The summed E-state index contributed by atoms with van der Waals surface area (Å²) in [5, 5.41) is 0. The van der Waals surface area contributed by atoms with Crippen molar-refractivity contribution in [2.75, 3.05) is 20.3 Å². The molecular formula is C25H26F2O6. The molecule has 0 aliphatic rings. The van der Waals surface area contributed by atoms with Crippen molar-refractivity contribution in [3.63, 3.8) is 0 Å². The molecule has 0 N–H and O–H groups in total. The van der Waals surface area contributed by atoms with E-state index in [0.29, 0.717) is 29.0 Å². The Kier molecular flexibility index (Phi) is 9.60. The van der Waals surface area contributed by atoms with Crippen LogP contribution in [-0.2, 0) is 16.0 Å². The first kappa shape index (κ1) is 25.6. The molecule has 0 spiro atoms. The average molecular weight is 460 g/mol. The Balaban J connectivity index is 2.59. The zero-order valence-corrected chi connectivity index (χ0v) is 18.5. The Morgan fingerprint density at radius 2 is 1.64 bits per heavy atom. The van der Waals surface area contributed by atoms with Crippen LogP contribution in [0.25, 0.3) is 0 Å². The second-order valence-electron chi connectivity index (χ2n) is 6.77. The molecule has 0 radical (unpaired) electrons. The summed E-state index contributed by atoms with van der Waals surface area (Å²) in [7, 11) is 1.18. The molecule has 0 aromatic heterocycles. The van der Waals surface area contributed by atoms with Crippen LogP contribution in [0, 0.1) is 0 Å². The van der Waals surface area contributed by atoms with Crippen LogP contribution in [0.5, 0.6) is 17.2 Å². The third-order valence-electron chi connectivity index (χ3n) is 4.67. The van der Waals surface area contributed by atoms with E-state index in [9.17, 15) is 18.4 Å². The van der Waals surface area contributed by atoms with Gasteiger partial charge in [-0.05, 0) is 47.9 Å². The molecule has 2 rings (SSSR count). The van der Waals surface area contributed by atoms with Gasteiger partial charge in [-0.1, -0.05) is 32.2 Å². The average Bonchev–Trinajstić information content (AvgIpc) is 2.81. The Morgan fingerprint density at radius 1 is 1.00 bits per heavy atom. The van der Waals surface area contributed by atoms with Gasteiger partial charge in [0, 0.05) is 11.6 Å². The minimum absolute atomic E-state index is 0.106. The lowest BCUT2D eigenvalue weighted by Gasteiger charge is -2.21. The minimum Gasteiger partial charge on any atom is -0.489 e. The maximum absolute atomic E-state index is 13.4. The van der Waals surface area contributed by atoms with E-state index in [1.165, 1.54) is 31.4 Å². The molecule has 1 unspecified atom stereocenters. The first-order chi connectivity index (χ1) is 15.9. The highest BCUT2D eigenvalue weighted by Gasteiger charge is 2.34. The lowest BCUT2D eigenvalue weighted by molar-refractivity contribution is -0.141. The SMILES string of the molecule is C=CCOc1cc(OCC=C)c(CC)c(C(C(=O)OC)C(=O)c2ccc(OC(F)F)cc2)c1. The molecule has 0 amide bonds. The Morgan fingerprint density at radius 3 is 2.18 bits per heavy atom. The number of rotatable bonds is 13. The predicted octanol–water partition coefficient (Wildman–Crippen LogP) is 5.12. The van der Waals surface area contributed by atoms with Crippen LogP contribution in [0.15, 0.2) is 61.7 Å². The van der Waals surface area contributed by atoms with Gasteiger partial charge in [0.25, 0.3) is 0 Å². The molecule has 0 saturated carbocycles. The summed E-state index contributed by atoms with van der Waals surface area (Å²) >= 11 is 0. The van der Waals surface area contributed by atoms with Crippen molar-refractivity contribution in [2.24, 2.45) is 0 Å². The molecule has 33 heavy (non-hydrogen) atoms. The Bertz CT molecular complexity index is 985. The van der Waals surface area contributed by atoms with Crippen LogP contribution in [0.3, 0.4) is 0 Å². The molecule has 176 valence electrons. The molecular weight excluding hydrogens is 434 g/mol. The number of alkyl halides is 2. The van der Waals surface area contributed by atoms with Crippen molar-refractivity contribution in [1.82, 2.24) is 0 Å². The molecule has 0 saturated heterocycles. The van der Waals surface area contributed by atoms with Gasteiger partial charge in [0.15, 0.2) is 5.78 Å². The normalized spacial score (nSPS) is 11.4. The third kappa shape index (κ3) is 6.65. The van der Waals surface area contributed by atoms with Gasteiger partial charge in [0.2, 0.25) is 0 Å². The fraction of sp³-hybridized carbons (Fsp3) is 0.280. The highest BCUT2D eigenvalue weighted by Crippen LogP contribution is 2.36. The second kappa shape index (κ2) is 12.4. The van der Waals surface area contributed by atoms with Crippen molar-refractivity contribution in [3.05, 3.63) is 78.4 Å². The van der Waals surface area contributed by atoms with Gasteiger partial charge >= 0.3 is 12.6 Å². The predicted molar refractivity (Wildman–Crippen MR) is 119 cm³/mol. The smallest absolute Gasteiger partial charge is 0.387 e. The van der Waals surface area contributed by atoms with Gasteiger partial charge in [0.05, 0.1) is 7.11 Å². The summed E-state index contributed by atoms with van der Waals surface area (Å²) in [4.78, 5) is 26.2. The fourth-order valence-corrected chi connectivity index (χ4v) is 3.25. The van der Waals surface area contributed by atoms with Gasteiger partial charge in [-0.15, -0.1) is 0 Å². The standard InChI is InChI=1S/C25H26F2O6/c1-5-12-31-18-14-20(19(7-3)21(15-18)32-13-6-2)22(24(29)30-4)23(28)16-8-10-17(11-9-16)33-25(26)27/h5-6,8-11,14-15,22,25H,1-2,7,12-13H2,3-4H3. The number of esters is 1. The van der Waals surface area contributed by atoms with Crippen LogP contribution in [0.2, 0.25) is 0 Å². The number of benzene rings is 2. The maximum Gasteiger partial charge on any atom is 0.387 e. The number of carbonyl (C=O) groups is 2. The maximum atomic E-state index is 13.4. The summed E-state index contributed by atoms with van der Waals surface area (Å²) in [6.45, 7) is 6.54. The largest absolute Gasteiger partial charge is 0.489 e. The van der Waals surface area contributed by atoms with E-state index in [1.807, 2.05) is 6.92 Å². The van der Waals surface area contributed by atoms with Gasteiger partial charge in [0.1, 0.15) is 36.4 Å². The molecule has 0 aliphatic heterocycles. The van der Waals surface area contributed by atoms with Gasteiger partial charge in [-0.3, -0.25) is 9.59 Å². The van der Waals surface area contributed by atoms with Crippen LogP contribution in [0.4, 0.5) is 8.78 Å². The zero-order valence-electron chi connectivity index (χ0n) is 18.5. The monoisotopic (exact) mass is 460 g/mol. The number of carbonyl (C=O) groups excluding carboxylic acids is 2.